The molecule has 3 aliphatic carbocycles. The Labute approximate surface area is 296 Å². The van der Waals surface area contributed by atoms with E-state index in [1.807, 2.05) is 42.5 Å². The Balaban J connectivity index is 0.997. The molecule has 8 rings (SSSR count). The molecule has 5 aliphatic rings. The molecule has 3 aromatic carbocycles. The van der Waals surface area contributed by atoms with Crippen LogP contribution in [0.4, 0.5) is 0 Å². The van der Waals surface area contributed by atoms with Gasteiger partial charge in [-0.25, -0.2) is 4.79 Å². The Morgan fingerprint density at radius 3 is 2.51 bits per heavy atom. The third-order valence-corrected chi connectivity index (χ3v) is 10.6. The van der Waals surface area contributed by atoms with Gasteiger partial charge in [0.1, 0.15) is 18.3 Å². The number of aliphatic hydroxyl groups excluding tert-OH is 1. The van der Waals surface area contributed by atoms with Crippen molar-refractivity contribution in [3.05, 3.63) is 124 Å². The number of rotatable bonds is 10. The van der Waals surface area contributed by atoms with Gasteiger partial charge in [0.05, 0.1) is 24.4 Å². The molecule has 2 saturated heterocycles. The molecule has 0 aromatic heterocycles. The third-order valence-electron chi connectivity index (χ3n) is 10.6. The summed E-state index contributed by atoms with van der Waals surface area (Å²) in [7, 11) is 0. The summed E-state index contributed by atoms with van der Waals surface area (Å²) in [4.78, 5) is 40.0. The number of carbonyl (C=O) groups excluding carboxylic acids is 3. The van der Waals surface area contributed by atoms with Gasteiger partial charge < -0.3 is 34.7 Å². The van der Waals surface area contributed by atoms with E-state index in [0.717, 1.165) is 41.5 Å². The minimum atomic E-state index is -0.909. The number of ether oxygens (including phenoxy) is 4. The van der Waals surface area contributed by atoms with Crippen LogP contribution in [0.25, 0.3) is 6.08 Å². The van der Waals surface area contributed by atoms with Gasteiger partial charge in [0.15, 0.2) is 5.79 Å². The topological polar surface area (TPSA) is 136 Å². The zero-order valence-corrected chi connectivity index (χ0v) is 28.3. The first-order chi connectivity index (χ1) is 24.9. The van der Waals surface area contributed by atoms with Crippen LogP contribution in [0.15, 0.2) is 90.5 Å². The molecule has 2 amide bonds. The lowest BCUT2D eigenvalue weighted by Gasteiger charge is -2.30. The Bertz CT molecular complexity index is 1860. The van der Waals surface area contributed by atoms with Crippen molar-refractivity contribution in [3.8, 4) is 0 Å². The second-order valence-electron chi connectivity index (χ2n) is 14.1. The maximum atomic E-state index is 13.9. The largest absolute Gasteiger partial charge is 0.456 e. The number of nitrogens with one attached hydrogen (secondary N) is 2. The molecule has 6 unspecified atom stereocenters. The Kier molecular flexibility index (Phi) is 9.33. The van der Waals surface area contributed by atoms with Gasteiger partial charge in [0, 0.05) is 43.5 Å². The normalized spacial score (nSPS) is 26.9. The lowest BCUT2D eigenvalue weighted by molar-refractivity contribution is -0.172. The van der Waals surface area contributed by atoms with Crippen molar-refractivity contribution in [3.63, 3.8) is 0 Å². The molecule has 1 saturated carbocycles. The van der Waals surface area contributed by atoms with Crippen molar-refractivity contribution in [2.75, 3.05) is 13.2 Å². The van der Waals surface area contributed by atoms with Crippen LogP contribution in [-0.2, 0) is 43.1 Å². The Hall–Kier alpha value is -4.61. The molecule has 51 heavy (non-hydrogen) atoms. The van der Waals surface area contributed by atoms with E-state index in [4.69, 9.17) is 24.1 Å². The number of amides is 2. The smallest absolute Gasteiger partial charge is 0.339 e. The van der Waals surface area contributed by atoms with Crippen molar-refractivity contribution in [2.24, 2.45) is 5.92 Å². The molecule has 1 spiro atoms. The number of fused-ring (bicyclic) bond motifs is 3. The summed E-state index contributed by atoms with van der Waals surface area (Å²) < 4.78 is 25.3. The highest BCUT2D eigenvalue weighted by molar-refractivity contribution is 5.96. The van der Waals surface area contributed by atoms with Gasteiger partial charge in [-0.15, -0.1) is 0 Å². The Morgan fingerprint density at radius 2 is 1.71 bits per heavy atom. The van der Waals surface area contributed by atoms with E-state index < -0.39 is 30.1 Å². The van der Waals surface area contributed by atoms with E-state index in [-0.39, 0.29) is 37.9 Å². The maximum Gasteiger partial charge on any atom is 0.339 e. The summed E-state index contributed by atoms with van der Waals surface area (Å²) >= 11 is 0. The number of benzene rings is 3. The van der Waals surface area contributed by atoms with Gasteiger partial charge in [-0.3, -0.25) is 9.59 Å². The molecule has 2 heterocycles. The summed E-state index contributed by atoms with van der Waals surface area (Å²) in [5, 5.41) is 14.6. The summed E-state index contributed by atoms with van der Waals surface area (Å²) in [5.74, 6) is -1.60. The summed E-state index contributed by atoms with van der Waals surface area (Å²) in [5.41, 5.74) is 5.15. The van der Waals surface area contributed by atoms with Crippen LogP contribution in [0, 0.1) is 5.92 Å². The molecular formula is C41H42N2O8. The average molecular weight is 691 g/mol. The van der Waals surface area contributed by atoms with Gasteiger partial charge in [-0.2, -0.15) is 0 Å². The minimum absolute atomic E-state index is 0.150. The van der Waals surface area contributed by atoms with Gasteiger partial charge >= 0.3 is 5.97 Å². The monoisotopic (exact) mass is 690 g/mol. The first-order valence-corrected chi connectivity index (χ1v) is 17.9. The van der Waals surface area contributed by atoms with Crippen molar-refractivity contribution in [1.29, 1.82) is 0 Å². The van der Waals surface area contributed by atoms with E-state index in [1.165, 1.54) is 0 Å². The highest BCUT2D eigenvalue weighted by atomic mass is 16.8. The van der Waals surface area contributed by atoms with Crippen LogP contribution in [0.2, 0.25) is 0 Å². The molecule has 6 atom stereocenters. The first kappa shape index (κ1) is 33.5. The molecule has 10 heteroatoms. The zero-order valence-electron chi connectivity index (χ0n) is 28.3. The number of hydrogen-bond donors (Lipinski definition) is 3. The quantitative estimate of drug-likeness (QED) is 0.210. The predicted octanol–water partition coefficient (Wildman–Crippen LogP) is 4.44. The van der Waals surface area contributed by atoms with Gasteiger partial charge in [-0.05, 0) is 71.7 Å². The minimum Gasteiger partial charge on any atom is -0.456 e. The molecular weight excluding hydrogens is 648 g/mol. The van der Waals surface area contributed by atoms with E-state index in [2.05, 4.69) is 28.8 Å². The number of allylic oxidation sites excluding steroid dienone is 1. The van der Waals surface area contributed by atoms with Crippen LogP contribution < -0.4 is 10.6 Å². The van der Waals surface area contributed by atoms with E-state index >= 15 is 0 Å². The van der Waals surface area contributed by atoms with Gasteiger partial charge in [0.2, 0.25) is 5.91 Å². The molecule has 3 fully saturated rings. The van der Waals surface area contributed by atoms with E-state index in [1.54, 1.807) is 30.3 Å². The van der Waals surface area contributed by atoms with Crippen LogP contribution in [0.5, 0.6) is 0 Å². The zero-order chi connectivity index (χ0) is 35.0. The summed E-state index contributed by atoms with van der Waals surface area (Å²) in [6, 6.07) is 22.5. The van der Waals surface area contributed by atoms with Crippen LogP contribution in [-0.4, -0.2) is 72.3 Å². The second-order valence-corrected chi connectivity index (χ2v) is 14.1. The molecule has 3 N–H and O–H groups in total. The molecule has 10 nitrogen and oxygen atoms in total. The number of aliphatic hydroxyl groups is 1. The highest BCUT2D eigenvalue weighted by Gasteiger charge is 2.55. The fourth-order valence-corrected chi connectivity index (χ4v) is 7.93. The summed E-state index contributed by atoms with van der Waals surface area (Å²) in [6.07, 6.45) is 9.26. The second kappa shape index (κ2) is 14.2. The Morgan fingerprint density at radius 1 is 0.902 bits per heavy atom. The molecule has 0 bridgehead atoms. The average Bonchev–Trinajstić information content (AvgIpc) is 3.71. The van der Waals surface area contributed by atoms with Gasteiger partial charge in [-0.1, -0.05) is 66.7 Å². The van der Waals surface area contributed by atoms with Crippen molar-refractivity contribution < 1.29 is 38.4 Å². The molecule has 2 aliphatic heterocycles. The SMILES string of the molecule is O=C(NCc1cccc(C(=O)NCCO)c1)C1=CC2OC3(Cc4ccccc4C3)OC2C(OC(=O)c2ccccc2C=CC2CCC3OC3C2)C1. The van der Waals surface area contributed by atoms with E-state index in [0.29, 0.717) is 47.7 Å². The fourth-order valence-electron chi connectivity index (χ4n) is 7.93. The molecule has 3 aromatic rings. The number of epoxide rings is 1. The first-order valence-electron chi connectivity index (χ1n) is 17.9. The third kappa shape index (κ3) is 7.27. The van der Waals surface area contributed by atoms with Gasteiger partial charge in [0.25, 0.3) is 5.91 Å². The molecule has 0 radical (unpaired) electrons. The standard InChI is InChI=1S/C41H42N2O8/c44-17-16-42-38(45)28-10-5-6-26(18-28)24-43-39(46)31-20-35(37-36(21-31)50-41(51-37)22-29-8-1-2-9-30(29)23-41)49-40(47)32-11-4-3-7-27(32)14-12-25-13-15-33-34(19-25)48-33/h1-12,14,18,21,25,33-37,44H,13,15-17,19-20,22-24H2,(H,42,45)(H,43,46). The number of esters is 1. The highest BCUT2D eigenvalue weighted by Crippen LogP contribution is 2.45. The fraction of sp³-hybridized carbons (Fsp3) is 0.390. The van der Waals surface area contributed by atoms with Crippen LogP contribution in [0.3, 0.4) is 0 Å². The van der Waals surface area contributed by atoms with E-state index in [9.17, 15) is 14.4 Å². The number of hydrogen-bond acceptors (Lipinski definition) is 8. The van der Waals surface area contributed by atoms with Crippen molar-refractivity contribution >= 4 is 23.9 Å². The van der Waals surface area contributed by atoms with Crippen molar-refractivity contribution in [2.45, 2.75) is 81.4 Å². The van der Waals surface area contributed by atoms with Crippen LogP contribution >= 0.6 is 0 Å². The lowest BCUT2D eigenvalue weighted by Crippen LogP contribution is -2.43. The lowest BCUT2D eigenvalue weighted by atomic mass is 9.88. The predicted molar refractivity (Wildman–Crippen MR) is 187 cm³/mol. The van der Waals surface area contributed by atoms with Crippen LogP contribution in [0.1, 0.15) is 68.7 Å². The van der Waals surface area contributed by atoms with Crippen molar-refractivity contribution in [1.82, 2.24) is 10.6 Å². The molecule has 264 valence electrons. The maximum absolute atomic E-state index is 13.9. The number of carbonyl (C=O) groups is 3. The summed E-state index contributed by atoms with van der Waals surface area (Å²) in [6.45, 7) is 0.180.